The highest BCUT2D eigenvalue weighted by Crippen LogP contribution is 2.38. The lowest BCUT2D eigenvalue weighted by Crippen LogP contribution is -2.41. The molecule has 7 heteroatoms. The highest BCUT2D eigenvalue weighted by Gasteiger charge is 2.52. The molecule has 0 spiro atoms. The minimum Gasteiger partial charge on any atom is -0.400 e. The SMILES string of the molecule is CNCC(=Cc1c(N)n[nH]c1C)B1OC(C)(C)C(C)(C)O1. The van der Waals surface area contributed by atoms with Crippen LogP contribution in [0.25, 0.3) is 6.08 Å². The molecule has 1 saturated heterocycles. The molecule has 0 atom stereocenters. The zero-order chi connectivity index (χ0) is 15.8. The van der Waals surface area contributed by atoms with Crippen LogP contribution in [-0.4, -0.2) is 42.1 Å². The number of nitrogens with two attached hydrogens (primary N) is 1. The zero-order valence-electron chi connectivity index (χ0n) is 13.7. The summed E-state index contributed by atoms with van der Waals surface area (Å²) >= 11 is 0. The predicted molar refractivity (Wildman–Crippen MR) is 85.7 cm³/mol. The summed E-state index contributed by atoms with van der Waals surface area (Å²) in [6.07, 6.45) is 1.99. The van der Waals surface area contributed by atoms with E-state index in [-0.39, 0.29) is 11.2 Å². The molecule has 0 aliphatic carbocycles. The molecule has 1 aromatic heterocycles. The summed E-state index contributed by atoms with van der Waals surface area (Å²) in [7, 11) is 1.50. The molecular formula is C14H25BN4O2. The number of nitrogen functional groups attached to an aromatic ring is 1. The van der Waals surface area contributed by atoms with Gasteiger partial charge in [-0.3, -0.25) is 5.10 Å². The summed E-state index contributed by atoms with van der Waals surface area (Å²) in [6.45, 7) is 10.8. The van der Waals surface area contributed by atoms with Crippen molar-refractivity contribution < 1.29 is 9.31 Å². The van der Waals surface area contributed by atoms with Gasteiger partial charge in [0.1, 0.15) is 0 Å². The van der Waals surface area contributed by atoms with Gasteiger partial charge in [-0.1, -0.05) is 6.08 Å². The molecule has 2 rings (SSSR count). The van der Waals surface area contributed by atoms with Crippen molar-refractivity contribution >= 4 is 19.0 Å². The van der Waals surface area contributed by atoms with Crippen LogP contribution in [0.4, 0.5) is 5.82 Å². The van der Waals surface area contributed by atoms with Gasteiger partial charge < -0.3 is 20.4 Å². The van der Waals surface area contributed by atoms with Crippen LogP contribution in [0.3, 0.4) is 0 Å². The maximum absolute atomic E-state index is 6.11. The monoisotopic (exact) mass is 292 g/mol. The van der Waals surface area contributed by atoms with Crippen LogP contribution in [0, 0.1) is 6.92 Å². The molecular weight excluding hydrogens is 267 g/mol. The van der Waals surface area contributed by atoms with Crippen molar-refractivity contribution in [2.45, 2.75) is 45.8 Å². The molecule has 0 saturated carbocycles. The second-order valence-electron chi connectivity index (χ2n) is 6.49. The maximum Gasteiger partial charge on any atom is 0.491 e. The molecule has 0 bridgehead atoms. The third-order valence-corrected chi connectivity index (χ3v) is 4.29. The first-order valence-corrected chi connectivity index (χ1v) is 7.19. The van der Waals surface area contributed by atoms with E-state index < -0.39 is 7.12 Å². The van der Waals surface area contributed by atoms with E-state index in [0.29, 0.717) is 12.4 Å². The second-order valence-corrected chi connectivity index (χ2v) is 6.49. The third-order valence-electron chi connectivity index (χ3n) is 4.29. The number of H-pyrrole nitrogens is 1. The van der Waals surface area contributed by atoms with E-state index >= 15 is 0 Å². The fourth-order valence-electron chi connectivity index (χ4n) is 2.23. The number of nitrogens with zero attached hydrogens (tertiary/aromatic N) is 1. The number of aromatic nitrogens is 2. The minimum atomic E-state index is -0.392. The molecule has 21 heavy (non-hydrogen) atoms. The third kappa shape index (κ3) is 3.00. The van der Waals surface area contributed by atoms with Crippen molar-refractivity contribution in [1.29, 1.82) is 0 Å². The van der Waals surface area contributed by atoms with Gasteiger partial charge in [-0.05, 0) is 47.1 Å². The Bertz CT molecular complexity index is 516. The number of hydrogen-bond acceptors (Lipinski definition) is 5. The number of aryl methyl sites for hydroxylation is 1. The lowest BCUT2D eigenvalue weighted by Gasteiger charge is -2.32. The first-order chi connectivity index (χ1) is 9.68. The average Bonchev–Trinajstić information content (AvgIpc) is 2.78. The maximum atomic E-state index is 6.11. The Morgan fingerprint density at radius 2 is 1.90 bits per heavy atom. The molecule has 1 aliphatic rings. The van der Waals surface area contributed by atoms with Crippen molar-refractivity contribution in [2.75, 3.05) is 19.3 Å². The van der Waals surface area contributed by atoms with Crippen LogP contribution in [0.15, 0.2) is 5.47 Å². The summed E-state index contributed by atoms with van der Waals surface area (Å²) in [4.78, 5) is 0. The van der Waals surface area contributed by atoms with Crippen molar-refractivity contribution in [3.8, 4) is 0 Å². The topological polar surface area (TPSA) is 85.2 Å². The molecule has 1 fully saturated rings. The molecule has 0 radical (unpaired) electrons. The number of hydrogen-bond donors (Lipinski definition) is 3. The fourth-order valence-corrected chi connectivity index (χ4v) is 2.23. The predicted octanol–water partition coefficient (Wildman–Crippen LogP) is 1.53. The molecule has 1 aromatic rings. The summed E-state index contributed by atoms with van der Waals surface area (Å²) in [6, 6.07) is 0. The highest BCUT2D eigenvalue weighted by atomic mass is 16.7. The second kappa shape index (κ2) is 5.48. The van der Waals surface area contributed by atoms with Crippen LogP contribution >= 0.6 is 0 Å². The molecule has 116 valence electrons. The first kappa shape index (κ1) is 16.1. The van der Waals surface area contributed by atoms with Gasteiger partial charge in [-0.2, -0.15) is 5.10 Å². The number of aromatic amines is 1. The Balaban J connectivity index is 2.33. The van der Waals surface area contributed by atoms with Crippen LogP contribution < -0.4 is 11.1 Å². The summed E-state index contributed by atoms with van der Waals surface area (Å²) in [5, 5.41) is 10.1. The lowest BCUT2D eigenvalue weighted by atomic mass is 9.77. The molecule has 0 aromatic carbocycles. The van der Waals surface area contributed by atoms with Gasteiger partial charge in [-0.15, -0.1) is 0 Å². The Morgan fingerprint density at radius 1 is 1.33 bits per heavy atom. The van der Waals surface area contributed by atoms with Gasteiger partial charge in [-0.25, -0.2) is 0 Å². The molecule has 0 unspecified atom stereocenters. The molecule has 6 nitrogen and oxygen atoms in total. The Hall–Kier alpha value is -1.31. The van der Waals surface area contributed by atoms with Crippen LogP contribution in [0.1, 0.15) is 39.0 Å². The van der Waals surface area contributed by atoms with Gasteiger partial charge >= 0.3 is 7.12 Å². The number of nitrogens with one attached hydrogen (secondary N) is 2. The van der Waals surface area contributed by atoms with E-state index in [1.54, 1.807) is 0 Å². The van der Waals surface area contributed by atoms with Gasteiger partial charge in [0.2, 0.25) is 0 Å². The normalized spacial score (nSPS) is 21.0. The van der Waals surface area contributed by atoms with Crippen LogP contribution in [0.5, 0.6) is 0 Å². The van der Waals surface area contributed by atoms with E-state index in [2.05, 4.69) is 15.5 Å². The van der Waals surface area contributed by atoms with Gasteiger partial charge in [0.05, 0.1) is 11.2 Å². The minimum absolute atomic E-state index is 0.360. The van der Waals surface area contributed by atoms with E-state index in [1.165, 1.54) is 0 Å². The Kier molecular flexibility index (Phi) is 4.19. The molecule has 2 heterocycles. The number of likely N-dealkylation sites (N-methyl/N-ethyl adjacent to an activating group) is 1. The average molecular weight is 292 g/mol. The van der Waals surface area contributed by atoms with E-state index in [1.807, 2.05) is 47.7 Å². The van der Waals surface area contributed by atoms with Crippen molar-refractivity contribution in [1.82, 2.24) is 15.5 Å². The lowest BCUT2D eigenvalue weighted by molar-refractivity contribution is 0.00578. The van der Waals surface area contributed by atoms with E-state index in [0.717, 1.165) is 16.7 Å². The molecule has 0 amide bonds. The zero-order valence-corrected chi connectivity index (χ0v) is 13.7. The van der Waals surface area contributed by atoms with Gasteiger partial charge in [0.25, 0.3) is 0 Å². The Labute approximate surface area is 126 Å². The standard InChI is InChI=1S/C14H25BN4O2/c1-9-11(12(16)19-18-9)7-10(8-17-6)15-20-13(2,3)14(4,5)21-15/h7,17H,8H2,1-6H3,(H3,16,18,19). The number of rotatable bonds is 4. The largest absolute Gasteiger partial charge is 0.491 e. The van der Waals surface area contributed by atoms with Crippen molar-refractivity contribution in [3.63, 3.8) is 0 Å². The van der Waals surface area contributed by atoms with E-state index in [9.17, 15) is 0 Å². The van der Waals surface area contributed by atoms with E-state index in [4.69, 9.17) is 15.0 Å². The van der Waals surface area contributed by atoms with Gasteiger partial charge in [0.15, 0.2) is 5.82 Å². The molecule has 4 N–H and O–H groups in total. The number of anilines is 1. The van der Waals surface area contributed by atoms with Crippen LogP contribution in [-0.2, 0) is 9.31 Å². The van der Waals surface area contributed by atoms with Gasteiger partial charge in [0, 0.05) is 17.8 Å². The fraction of sp³-hybridized carbons (Fsp3) is 0.643. The summed E-state index contributed by atoms with van der Waals surface area (Å²) in [5.74, 6) is 0.484. The van der Waals surface area contributed by atoms with Crippen molar-refractivity contribution in [2.24, 2.45) is 0 Å². The van der Waals surface area contributed by atoms with Crippen LogP contribution in [0.2, 0.25) is 0 Å². The van der Waals surface area contributed by atoms with Crippen molar-refractivity contribution in [3.05, 3.63) is 16.7 Å². The Morgan fingerprint density at radius 3 is 2.33 bits per heavy atom. The highest BCUT2D eigenvalue weighted by molar-refractivity contribution is 6.56. The first-order valence-electron chi connectivity index (χ1n) is 7.19. The summed E-state index contributed by atoms with van der Waals surface area (Å²) in [5.41, 5.74) is 7.99. The quantitative estimate of drug-likeness (QED) is 0.733. The smallest absolute Gasteiger partial charge is 0.400 e. The summed E-state index contributed by atoms with van der Waals surface area (Å²) < 4.78 is 12.2. The molecule has 1 aliphatic heterocycles.